The van der Waals surface area contributed by atoms with E-state index in [9.17, 15) is 5.11 Å². The molecule has 0 saturated heterocycles. The molecular weight excluding hydrogens is 214 g/mol. The standard InChI is InChI=1S/C14H23NO2/c1-14(2,3)15(4)9-8-11-6-7-12(16)13(10-11)17-5/h6-7,10,16H,8-9H2,1-5H3. The van der Waals surface area contributed by atoms with Crippen molar-refractivity contribution in [2.75, 3.05) is 20.7 Å². The number of likely N-dealkylation sites (N-methyl/N-ethyl adjacent to an activating group) is 1. The van der Waals surface area contributed by atoms with Gasteiger partial charge in [0.25, 0.3) is 0 Å². The first kappa shape index (κ1) is 13.8. The van der Waals surface area contributed by atoms with Gasteiger partial charge in [-0.15, -0.1) is 0 Å². The maximum Gasteiger partial charge on any atom is 0.160 e. The first-order chi connectivity index (χ1) is 7.84. The molecule has 0 aliphatic rings. The van der Waals surface area contributed by atoms with Crippen molar-refractivity contribution in [3.05, 3.63) is 23.8 Å². The van der Waals surface area contributed by atoms with Crippen molar-refractivity contribution in [2.45, 2.75) is 32.7 Å². The molecule has 17 heavy (non-hydrogen) atoms. The Morgan fingerprint density at radius 3 is 2.47 bits per heavy atom. The number of phenols is 1. The fraction of sp³-hybridized carbons (Fsp3) is 0.571. The topological polar surface area (TPSA) is 32.7 Å². The highest BCUT2D eigenvalue weighted by atomic mass is 16.5. The lowest BCUT2D eigenvalue weighted by atomic mass is 10.1. The molecule has 96 valence electrons. The summed E-state index contributed by atoms with van der Waals surface area (Å²) in [5.41, 5.74) is 1.36. The largest absolute Gasteiger partial charge is 0.504 e. The molecule has 0 bridgehead atoms. The van der Waals surface area contributed by atoms with Crippen molar-refractivity contribution in [3.8, 4) is 11.5 Å². The minimum absolute atomic E-state index is 0.182. The normalized spacial score (nSPS) is 11.9. The number of benzene rings is 1. The van der Waals surface area contributed by atoms with E-state index in [0.717, 1.165) is 13.0 Å². The van der Waals surface area contributed by atoms with E-state index in [-0.39, 0.29) is 11.3 Å². The second-order valence-electron chi connectivity index (χ2n) is 5.35. The van der Waals surface area contributed by atoms with Crippen LogP contribution in [-0.4, -0.2) is 36.2 Å². The smallest absolute Gasteiger partial charge is 0.160 e. The predicted octanol–water partition coefficient (Wildman–Crippen LogP) is 2.67. The molecule has 1 aromatic carbocycles. The number of aromatic hydroxyl groups is 1. The molecule has 3 heteroatoms. The van der Waals surface area contributed by atoms with Crippen molar-refractivity contribution in [1.29, 1.82) is 0 Å². The van der Waals surface area contributed by atoms with E-state index in [1.165, 1.54) is 5.56 Å². The van der Waals surface area contributed by atoms with Crippen LogP contribution < -0.4 is 4.74 Å². The van der Waals surface area contributed by atoms with Gasteiger partial charge in [0.15, 0.2) is 11.5 Å². The fourth-order valence-electron chi connectivity index (χ4n) is 1.51. The highest BCUT2D eigenvalue weighted by molar-refractivity contribution is 5.41. The van der Waals surface area contributed by atoms with Crippen LogP contribution in [0.15, 0.2) is 18.2 Å². The molecule has 1 rings (SSSR count). The first-order valence-electron chi connectivity index (χ1n) is 5.91. The maximum absolute atomic E-state index is 9.51. The Hall–Kier alpha value is -1.22. The number of ether oxygens (including phenoxy) is 1. The van der Waals surface area contributed by atoms with E-state index in [0.29, 0.717) is 5.75 Å². The molecule has 0 fully saturated rings. The zero-order valence-electron chi connectivity index (χ0n) is 11.4. The predicted molar refractivity (Wildman–Crippen MR) is 70.7 cm³/mol. The lowest BCUT2D eigenvalue weighted by molar-refractivity contribution is 0.178. The Morgan fingerprint density at radius 1 is 1.29 bits per heavy atom. The Bertz CT molecular complexity index is 369. The Morgan fingerprint density at radius 2 is 1.94 bits per heavy atom. The molecule has 0 atom stereocenters. The van der Waals surface area contributed by atoms with Crippen molar-refractivity contribution in [3.63, 3.8) is 0 Å². The van der Waals surface area contributed by atoms with Gasteiger partial charge in [0, 0.05) is 12.1 Å². The van der Waals surface area contributed by atoms with Crippen LogP contribution in [0.1, 0.15) is 26.3 Å². The average molecular weight is 237 g/mol. The van der Waals surface area contributed by atoms with E-state index in [4.69, 9.17) is 4.74 Å². The number of hydrogen-bond acceptors (Lipinski definition) is 3. The minimum atomic E-state index is 0.182. The molecule has 1 N–H and O–H groups in total. The van der Waals surface area contributed by atoms with E-state index >= 15 is 0 Å². The quantitative estimate of drug-likeness (QED) is 0.874. The molecule has 0 aliphatic carbocycles. The van der Waals surface area contributed by atoms with Crippen LogP contribution in [0.5, 0.6) is 11.5 Å². The zero-order chi connectivity index (χ0) is 13.1. The van der Waals surface area contributed by atoms with Crippen molar-refractivity contribution in [1.82, 2.24) is 4.90 Å². The van der Waals surface area contributed by atoms with E-state index in [1.54, 1.807) is 13.2 Å². The molecule has 3 nitrogen and oxygen atoms in total. The van der Waals surface area contributed by atoms with Crippen molar-refractivity contribution in [2.24, 2.45) is 0 Å². The third-order valence-electron chi connectivity index (χ3n) is 3.13. The Kier molecular flexibility index (Phi) is 4.40. The van der Waals surface area contributed by atoms with Crippen LogP contribution in [0.4, 0.5) is 0 Å². The van der Waals surface area contributed by atoms with Crippen molar-refractivity contribution >= 4 is 0 Å². The molecule has 0 amide bonds. The van der Waals surface area contributed by atoms with Gasteiger partial charge in [-0.05, 0) is 51.9 Å². The van der Waals surface area contributed by atoms with Crippen LogP contribution in [0.25, 0.3) is 0 Å². The average Bonchev–Trinajstić information content (AvgIpc) is 2.26. The van der Waals surface area contributed by atoms with Crippen LogP contribution >= 0.6 is 0 Å². The third-order valence-corrected chi connectivity index (χ3v) is 3.13. The van der Waals surface area contributed by atoms with Gasteiger partial charge < -0.3 is 14.7 Å². The summed E-state index contributed by atoms with van der Waals surface area (Å²) in [7, 11) is 3.69. The third kappa shape index (κ3) is 3.93. The van der Waals surface area contributed by atoms with Gasteiger partial charge in [-0.2, -0.15) is 0 Å². The molecule has 0 aromatic heterocycles. The lowest BCUT2D eigenvalue weighted by Crippen LogP contribution is -2.39. The number of rotatable bonds is 4. The molecular formula is C14H23NO2. The van der Waals surface area contributed by atoms with E-state index in [2.05, 4.69) is 32.7 Å². The summed E-state index contributed by atoms with van der Waals surface area (Å²) in [4.78, 5) is 2.31. The molecule has 0 spiro atoms. The molecule has 0 aliphatic heterocycles. The van der Waals surface area contributed by atoms with Gasteiger partial charge in [0.1, 0.15) is 0 Å². The van der Waals surface area contributed by atoms with Crippen LogP contribution in [-0.2, 0) is 6.42 Å². The summed E-state index contributed by atoms with van der Waals surface area (Å²) in [6.45, 7) is 7.58. The monoisotopic (exact) mass is 237 g/mol. The maximum atomic E-state index is 9.51. The molecule has 0 radical (unpaired) electrons. The summed E-state index contributed by atoms with van der Waals surface area (Å²) in [5.74, 6) is 0.737. The number of nitrogens with zero attached hydrogens (tertiary/aromatic N) is 1. The summed E-state index contributed by atoms with van der Waals surface area (Å²) >= 11 is 0. The van der Waals surface area contributed by atoms with Gasteiger partial charge in [0.05, 0.1) is 7.11 Å². The molecule has 0 saturated carbocycles. The van der Waals surface area contributed by atoms with Gasteiger partial charge in [-0.3, -0.25) is 0 Å². The van der Waals surface area contributed by atoms with Gasteiger partial charge in [-0.1, -0.05) is 6.07 Å². The highest BCUT2D eigenvalue weighted by Crippen LogP contribution is 2.26. The fourth-order valence-corrected chi connectivity index (χ4v) is 1.51. The van der Waals surface area contributed by atoms with Crippen LogP contribution in [0, 0.1) is 0 Å². The summed E-state index contributed by atoms with van der Waals surface area (Å²) < 4.78 is 5.10. The van der Waals surface area contributed by atoms with Crippen LogP contribution in [0.3, 0.4) is 0 Å². The SMILES string of the molecule is COc1cc(CCN(C)C(C)(C)C)ccc1O. The van der Waals surface area contributed by atoms with Gasteiger partial charge >= 0.3 is 0 Å². The number of phenolic OH excluding ortho intramolecular Hbond substituents is 1. The molecule has 0 unspecified atom stereocenters. The highest BCUT2D eigenvalue weighted by Gasteiger charge is 2.16. The Balaban J connectivity index is 2.64. The first-order valence-corrected chi connectivity index (χ1v) is 5.91. The van der Waals surface area contributed by atoms with Crippen LogP contribution in [0.2, 0.25) is 0 Å². The van der Waals surface area contributed by atoms with Gasteiger partial charge in [0.2, 0.25) is 0 Å². The Labute approximate surface area is 104 Å². The second-order valence-corrected chi connectivity index (χ2v) is 5.35. The minimum Gasteiger partial charge on any atom is -0.504 e. The second kappa shape index (κ2) is 5.41. The summed E-state index contributed by atoms with van der Waals surface area (Å²) in [6, 6.07) is 5.52. The molecule has 1 aromatic rings. The number of hydrogen-bond donors (Lipinski definition) is 1. The zero-order valence-corrected chi connectivity index (χ0v) is 11.4. The number of methoxy groups -OCH3 is 1. The van der Waals surface area contributed by atoms with Crippen molar-refractivity contribution < 1.29 is 9.84 Å². The van der Waals surface area contributed by atoms with Gasteiger partial charge in [-0.25, -0.2) is 0 Å². The van der Waals surface area contributed by atoms with E-state index < -0.39 is 0 Å². The van der Waals surface area contributed by atoms with E-state index in [1.807, 2.05) is 12.1 Å². The summed E-state index contributed by atoms with van der Waals surface area (Å²) in [5, 5.41) is 9.51. The summed E-state index contributed by atoms with van der Waals surface area (Å²) in [6.07, 6.45) is 0.949. The lowest BCUT2D eigenvalue weighted by Gasteiger charge is -2.31. The molecule has 0 heterocycles.